The van der Waals surface area contributed by atoms with Crippen molar-refractivity contribution in [1.29, 1.82) is 0 Å². The highest BCUT2D eigenvalue weighted by atomic mass is 79.9. The highest BCUT2D eigenvalue weighted by Gasteiger charge is 2.06. The molecule has 0 atom stereocenters. The van der Waals surface area contributed by atoms with Crippen LogP contribution in [0.2, 0.25) is 0 Å². The predicted octanol–water partition coefficient (Wildman–Crippen LogP) is 2.92. The molecule has 0 radical (unpaired) electrons. The zero-order valence-electron chi connectivity index (χ0n) is 7.90. The molecule has 1 aromatic carbocycles. The highest BCUT2D eigenvalue weighted by Crippen LogP contribution is 2.26. The van der Waals surface area contributed by atoms with Crippen LogP contribution in [0.3, 0.4) is 0 Å². The molecular formula is C11H10BrNO2. The van der Waals surface area contributed by atoms with Gasteiger partial charge in [-0.3, -0.25) is 0 Å². The lowest BCUT2D eigenvalue weighted by atomic mass is 10.1. The summed E-state index contributed by atoms with van der Waals surface area (Å²) in [6.07, 6.45) is 0.575. The Hall–Kier alpha value is -1.42. The van der Waals surface area contributed by atoms with Crippen LogP contribution in [-0.4, -0.2) is 5.11 Å². The number of para-hydroxylation sites is 1. The molecule has 4 heteroatoms. The van der Waals surface area contributed by atoms with Crippen molar-refractivity contribution in [2.75, 3.05) is 5.73 Å². The lowest BCUT2D eigenvalue weighted by Gasteiger charge is -2.04. The Kier molecular flexibility index (Phi) is 2.68. The monoisotopic (exact) mass is 267 g/mol. The van der Waals surface area contributed by atoms with E-state index in [1.165, 1.54) is 0 Å². The Morgan fingerprint density at radius 2 is 2.07 bits per heavy atom. The van der Waals surface area contributed by atoms with Gasteiger partial charge in [-0.25, -0.2) is 0 Å². The summed E-state index contributed by atoms with van der Waals surface area (Å²) in [6.45, 7) is 0. The zero-order valence-corrected chi connectivity index (χ0v) is 9.49. The SMILES string of the molecule is Nc1c(O)cccc1Cc1ccc(Br)o1. The first-order valence-corrected chi connectivity index (χ1v) is 5.26. The van der Waals surface area contributed by atoms with Crippen molar-refractivity contribution >= 4 is 21.6 Å². The molecule has 15 heavy (non-hydrogen) atoms. The second-order valence-electron chi connectivity index (χ2n) is 3.23. The number of hydrogen-bond acceptors (Lipinski definition) is 3. The molecule has 78 valence electrons. The molecule has 3 N–H and O–H groups in total. The summed E-state index contributed by atoms with van der Waals surface area (Å²) in [4.78, 5) is 0. The maximum Gasteiger partial charge on any atom is 0.169 e. The van der Waals surface area contributed by atoms with Gasteiger partial charge in [0.25, 0.3) is 0 Å². The van der Waals surface area contributed by atoms with Crippen LogP contribution in [0.5, 0.6) is 5.75 Å². The normalized spacial score (nSPS) is 10.5. The van der Waals surface area contributed by atoms with Gasteiger partial charge < -0.3 is 15.3 Å². The van der Waals surface area contributed by atoms with Gasteiger partial charge in [0, 0.05) is 6.42 Å². The maximum absolute atomic E-state index is 9.42. The summed E-state index contributed by atoms with van der Waals surface area (Å²) in [5, 5.41) is 9.42. The number of phenolic OH excluding ortho intramolecular Hbond substituents is 1. The Morgan fingerprint density at radius 1 is 1.27 bits per heavy atom. The van der Waals surface area contributed by atoms with E-state index in [9.17, 15) is 5.11 Å². The molecule has 0 aliphatic heterocycles. The van der Waals surface area contributed by atoms with Crippen molar-refractivity contribution in [1.82, 2.24) is 0 Å². The summed E-state index contributed by atoms with van der Waals surface area (Å²) in [6, 6.07) is 8.89. The van der Waals surface area contributed by atoms with E-state index in [4.69, 9.17) is 10.2 Å². The molecular weight excluding hydrogens is 258 g/mol. The van der Waals surface area contributed by atoms with Crippen LogP contribution in [0.1, 0.15) is 11.3 Å². The fourth-order valence-corrected chi connectivity index (χ4v) is 1.73. The third-order valence-corrected chi connectivity index (χ3v) is 2.59. The summed E-state index contributed by atoms with van der Waals surface area (Å²) in [5.74, 6) is 0.914. The molecule has 2 rings (SSSR count). The van der Waals surface area contributed by atoms with Gasteiger partial charge in [0.05, 0.1) is 5.69 Å². The van der Waals surface area contributed by atoms with Gasteiger partial charge in [-0.05, 0) is 39.7 Å². The van der Waals surface area contributed by atoms with Crippen LogP contribution in [0.4, 0.5) is 5.69 Å². The first-order valence-electron chi connectivity index (χ1n) is 4.47. The van der Waals surface area contributed by atoms with Crippen LogP contribution >= 0.6 is 15.9 Å². The van der Waals surface area contributed by atoms with Gasteiger partial charge in [-0.1, -0.05) is 12.1 Å². The Morgan fingerprint density at radius 3 is 2.73 bits per heavy atom. The molecule has 0 saturated carbocycles. The minimum absolute atomic E-state index is 0.109. The number of furan rings is 1. The minimum Gasteiger partial charge on any atom is -0.506 e. The fourth-order valence-electron chi connectivity index (χ4n) is 1.39. The van der Waals surface area contributed by atoms with Crippen LogP contribution < -0.4 is 5.73 Å². The standard InChI is InChI=1S/C11H10BrNO2/c12-10-5-4-8(15-10)6-7-2-1-3-9(14)11(7)13/h1-5,14H,6,13H2. The van der Waals surface area contributed by atoms with Crippen LogP contribution in [0.25, 0.3) is 0 Å². The molecule has 1 aromatic heterocycles. The third kappa shape index (κ3) is 2.15. The first-order chi connectivity index (χ1) is 7.16. The number of nitrogen functional groups attached to an aromatic ring is 1. The summed E-state index contributed by atoms with van der Waals surface area (Å²) in [5.41, 5.74) is 7.00. The lowest BCUT2D eigenvalue weighted by molar-refractivity contribution is 0.476. The van der Waals surface area contributed by atoms with Gasteiger partial charge in [0.1, 0.15) is 11.5 Å². The number of anilines is 1. The fraction of sp³-hybridized carbons (Fsp3) is 0.0909. The Balaban J connectivity index is 2.28. The molecule has 0 spiro atoms. The number of phenols is 1. The van der Waals surface area contributed by atoms with Crippen molar-refractivity contribution in [2.24, 2.45) is 0 Å². The average Bonchev–Trinajstić information content (AvgIpc) is 2.59. The molecule has 3 nitrogen and oxygen atoms in total. The van der Waals surface area contributed by atoms with Crippen LogP contribution in [0.15, 0.2) is 39.4 Å². The number of hydrogen-bond donors (Lipinski definition) is 2. The molecule has 0 bridgehead atoms. The number of nitrogens with two attached hydrogens (primary N) is 1. The van der Waals surface area contributed by atoms with Gasteiger partial charge in [-0.2, -0.15) is 0 Å². The number of rotatable bonds is 2. The molecule has 0 amide bonds. The molecule has 1 heterocycles. The summed E-state index contributed by atoms with van der Waals surface area (Å²) >= 11 is 3.23. The second kappa shape index (κ2) is 3.98. The number of aromatic hydroxyl groups is 1. The van der Waals surface area contributed by atoms with E-state index in [-0.39, 0.29) is 5.75 Å². The topological polar surface area (TPSA) is 59.4 Å². The molecule has 0 saturated heterocycles. The van der Waals surface area contributed by atoms with Gasteiger partial charge in [0.15, 0.2) is 4.67 Å². The predicted molar refractivity (Wildman–Crippen MR) is 61.7 cm³/mol. The number of halogens is 1. The largest absolute Gasteiger partial charge is 0.506 e. The lowest BCUT2D eigenvalue weighted by Crippen LogP contribution is -1.94. The summed E-state index contributed by atoms with van der Waals surface area (Å²) in [7, 11) is 0. The van der Waals surface area contributed by atoms with Crippen LogP contribution in [0, 0.1) is 0 Å². The second-order valence-corrected chi connectivity index (χ2v) is 4.01. The third-order valence-electron chi connectivity index (χ3n) is 2.17. The highest BCUT2D eigenvalue weighted by molar-refractivity contribution is 9.10. The average molecular weight is 268 g/mol. The van der Waals surface area contributed by atoms with Gasteiger partial charge in [-0.15, -0.1) is 0 Å². The molecule has 2 aromatic rings. The van der Waals surface area contributed by atoms with Crippen molar-refractivity contribution in [3.05, 3.63) is 46.3 Å². The Bertz CT molecular complexity index is 479. The van der Waals surface area contributed by atoms with Gasteiger partial charge >= 0.3 is 0 Å². The molecule has 0 aliphatic carbocycles. The van der Waals surface area contributed by atoms with Crippen molar-refractivity contribution in [3.8, 4) is 5.75 Å². The first kappa shape index (κ1) is 10.1. The molecule has 0 aliphatic rings. The van der Waals surface area contributed by atoms with Crippen molar-refractivity contribution < 1.29 is 9.52 Å². The quantitative estimate of drug-likeness (QED) is 0.650. The molecule has 0 fully saturated rings. The Labute approximate surface area is 95.6 Å². The maximum atomic E-state index is 9.42. The van der Waals surface area contributed by atoms with E-state index in [0.717, 1.165) is 11.3 Å². The van der Waals surface area contributed by atoms with E-state index >= 15 is 0 Å². The smallest absolute Gasteiger partial charge is 0.169 e. The van der Waals surface area contributed by atoms with Crippen molar-refractivity contribution in [3.63, 3.8) is 0 Å². The van der Waals surface area contributed by atoms with Crippen LogP contribution in [-0.2, 0) is 6.42 Å². The number of benzene rings is 1. The summed E-state index contributed by atoms with van der Waals surface area (Å²) < 4.78 is 6.05. The van der Waals surface area contributed by atoms with Gasteiger partial charge in [0.2, 0.25) is 0 Å². The minimum atomic E-state index is 0.109. The van der Waals surface area contributed by atoms with Crippen molar-refractivity contribution in [2.45, 2.75) is 6.42 Å². The van der Waals surface area contributed by atoms with E-state index in [1.54, 1.807) is 12.1 Å². The van der Waals surface area contributed by atoms with E-state index in [2.05, 4.69) is 15.9 Å². The zero-order chi connectivity index (χ0) is 10.8. The molecule has 0 unspecified atom stereocenters. The van der Waals surface area contributed by atoms with E-state index in [1.807, 2.05) is 18.2 Å². The van der Waals surface area contributed by atoms with E-state index in [0.29, 0.717) is 16.8 Å². The van der Waals surface area contributed by atoms with E-state index < -0.39 is 0 Å².